The minimum Gasteiger partial charge on any atom is -0.493 e. The van der Waals surface area contributed by atoms with Crippen LogP contribution in [-0.4, -0.2) is 35.2 Å². The van der Waals surface area contributed by atoms with Gasteiger partial charge in [0.1, 0.15) is 17.7 Å². The molecule has 3 rings (SSSR count). The monoisotopic (exact) mass is 472 g/mol. The maximum atomic E-state index is 13.1. The first-order valence-electron chi connectivity index (χ1n) is 10.9. The lowest BCUT2D eigenvalue weighted by atomic mass is 9.98. The largest absolute Gasteiger partial charge is 0.493 e. The number of carbonyl (C=O) groups is 2. The Bertz CT molecular complexity index is 1040. The molecule has 3 atom stereocenters. The number of amides is 2. The van der Waals surface area contributed by atoms with E-state index in [-0.39, 0.29) is 6.04 Å². The van der Waals surface area contributed by atoms with E-state index in [9.17, 15) is 9.59 Å². The van der Waals surface area contributed by atoms with Crippen LogP contribution in [0, 0.1) is 0 Å². The van der Waals surface area contributed by atoms with Crippen LogP contribution in [0.25, 0.3) is 0 Å². The Labute approximate surface area is 197 Å². The number of hydrogen-bond donors (Lipinski definition) is 1. The SMILES string of the molecule is COc1cc(C2CC[C@@](C)(C(N)=O)N2C(=O)OC(C)(C)C)ccc1OCc1ccccc1P. The maximum absolute atomic E-state index is 13.1. The molecule has 0 aliphatic carbocycles. The van der Waals surface area contributed by atoms with Crippen LogP contribution in [0.5, 0.6) is 11.5 Å². The molecule has 1 saturated heterocycles. The number of carbonyl (C=O) groups excluding carboxylic acids is 2. The Kier molecular flexibility index (Phi) is 7.23. The molecule has 7 nitrogen and oxygen atoms in total. The van der Waals surface area contributed by atoms with Crippen LogP contribution in [0.2, 0.25) is 0 Å². The van der Waals surface area contributed by atoms with E-state index in [0.717, 1.165) is 16.4 Å². The Morgan fingerprint density at radius 3 is 2.48 bits per heavy atom. The molecule has 178 valence electrons. The van der Waals surface area contributed by atoms with Gasteiger partial charge in [-0.15, -0.1) is 9.24 Å². The molecule has 1 heterocycles. The average molecular weight is 473 g/mol. The number of nitrogens with zero attached hydrogens (tertiary/aromatic N) is 1. The lowest BCUT2D eigenvalue weighted by molar-refractivity contribution is -0.128. The highest BCUT2D eigenvalue weighted by atomic mass is 31.0. The van der Waals surface area contributed by atoms with Gasteiger partial charge in [0.2, 0.25) is 5.91 Å². The van der Waals surface area contributed by atoms with Gasteiger partial charge in [-0.25, -0.2) is 4.79 Å². The van der Waals surface area contributed by atoms with E-state index >= 15 is 0 Å². The molecule has 0 spiro atoms. The summed E-state index contributed by atoms with van der Waals surface area (Å²) in [5.41, 5.74) is 5.75. The van der Waals surface area contributed by atoms with Crippen LogP contribution in [0.3, 0.4) is 0 Å². The van der Waals surface area contributed by atoms with E-state index in [2.05, 4.69) is 9.24 Å². The molecule has 0 aromatic heterocycles. The van der Waals surface area contributed by atoms with Crippen LogP contribution in [0.4, 0.5) is 4.79 Å². The summed E-state index contributed by atoms with van der Waals surface area (Å²) in [5.74, 6) is 0.582. The summed E-state index contributed by atoms with van der Waals surface area (Å²) >= 11 is 0. The average Bonchev–Trinajstić information content (AvgIpc) is 3.11. The second kappa shape index (κ2) is 9.60. The van der Waals surface area contributed by atoms with Crippen LogP contribution < -0.4 is 20.5 Å². The molecule has 2 unspecified atom stereocenters. The van der Waals surface area contributed by atoms with Gasteiger partial charge >= 0.3 is 6.09 Å². The highest BCUT2D eigenvalue weighted by molar-refractivity contribution is 7.27. The van der Waals surface area contributed by atoms with Gasteiger partial charge in [-0.05, 0) is 69.1 Å². The fourth-order valence-electron chi connectivity index (χ4n) is 4.04. The standard InChI is InChI=1S/C25H33N2O5P/c1-24(2,3)32-23(29)27-18(12-13-25(27,4)22(26)28)16-10-11-19(20(14-16)30-5)31-15-17-8-6-7-9-21(17)33/h6-11,14,18H,12-13,15,33H2,1-5H3,(H2,26,28)/t18?,25-/m0/s1. The smallest absolute Gasteiger partial charge is 0.411 e. The highest BCUT2D eigenvalue weighted by Crippen LogP contribution is 2.45. The van der Waals surface area contributed by atoms with Crippen molar-refractivity contribution in [3.8, 4) is 11.5 Å². The number of nitrogens with two attached hydrogens (primary N) is 1. The van der Waals surface area contributed by atoms with Crippen molar-refractivity contribution in [1.29, 1.82) is 0 Å². The third kappa shape index (κ3) is 5.41. The molecule has 2 aromatic carbocycles. The van der Waals surface area contributed by atoms with Gasteiger partial charge in [0, 0.05) is 0 Å². The second-order valence-corrected chi connectivity index (χ2v) is 10.1. The maximum Gasteiger partial charge on any atom is 0.411 e. The summed E-state index contributed by atoms with van der Waals surface area (Å²) in [6.07, 6.45) is 0.447. The molecular weight excluding hydrogens is 439 g/mol. The summed E-state index contributed by atoms with van der Waals surface area (Å²) in [6.45, 7) is 7.45. The van der Waals surface area contributed by atoms with Gasteiger partial charge in [0.15, 0.2) is 11.5 Å². The molecule has 1 aliphatic heterocycles. The van der Waals surface area contributed by atoms with Crippen molar-refractivity contribution in [3.05, 3.63) is 53.6 Å². The summed E-state index contributed by atoms with van der Waals surface area (Å²) < 4.78 is 17.2. The zero-order chi connectivity index (χ0) is 24.4. The van der Waals surface area contributed by atoms with Crippen LogP contribution >= 0.6 is 9.24 Å². The fraction of sp³-hybridized carbons (Fsp3) is 0.440. The van der Waals surface area contributed by atoms with Gasteiger partial charge in [0.25, 0.3) is 0 Å². The van der Waals surface area contributed by atoms with Crippen molar-refractivity contribution in [2.45, 2.75) is 64.3 Å². The summed E-state index contributed by atoms with van der Waals surface area (Å²) in [7, 11) is 4.27. The van der Waals surface area contributed by atoms with E-state index in [0.29, 0.717) is 30.9 Å². The van der Waals surface area contributed by atoms with Crippen LogP contribution in [-0.2, 0) is 16.1 Å². The van der Waals surface area contributed by atoms with E-state index in [1.807, 2.05) is 42.5 Å². The molecular formula is C25H33N2O5P. The Hall–Kier alpha value is -2.79. The van der Waals surface area contributed by atoms with Crippen LogP contribution in [0.15, 0.2) is 42.5 Å². The Morgan fingerprint density at radius 1 is 1.18 bits per heavy atom. The first-order chi connectivity index (χ1) is 15.5. The van der Waals surface area contributed by atoms with E-state index < -0.39 is 23.1 Å². The first kappa shape index (κ1) is 24.8. The topological polar surface area (TPSA) is 91.1 Å². The van der Waals surface area contributed by atoms with Gasteiger partial charge in [-0.2, -0.15) is 0 Å². The van der Waals surface area contributed by atoms with Gasteiger partial charge in [0.05, 0.1) is 13.2 Å². The molecule has 1 aliphatic rings. The number of rotatable bonds is 6. The Morgan fingerprint density at radius 2 is 1.88 bits per heavy atom. The fourth-order valence-corrected chi connectivity index (χ4v) is 4.33. The van der Waals surface area contributed by atoms with Crippen molar-refractivity contribution in [3.63, 3.8) is 0 Å². The zero-order valence-electron chi connectivity index (χ0n) is 19.9. The normalized spacial score (nSPS) is 20.4. The van der Waals surface area contributed by atoms with Gasteiger partial charge in [-0.3, -0.25) is 9.69 Å². The zero-order valence-corrected chi connectivity index (χ0v) is 21.0. The third-order valence-electron chi connectivity index (χ3n) is 5.88. The first-order valence-corrected chi connectivity index (χ1v) is 11.5. The van der Waals surface area contributed by atoms with Gasteiger partial charge in [-0.1, -0.05) is 30.3 Å². The lowest BCUT2D eigenvalue weighted by Gasteiger charge is -2.37. The number of primary amides is 1. The van der Waals surface area contributed by atoms with Crippen molar-refractivity contribution in [1.82, 2.24) is 4.90 Å². The minimum absolute atomic E-state index is 0.381. The number of ether oxygens (including phenoxy) is 3. The lowest BCUT2D eigenvalue weighted by Crippen LogP contribution is -2.55. The summed E-state index contributed by atoms with van der Waals surface area (Å²) in [4.78, 5) is 26.9. The molecule has 33 heavy (non-hydrogen) atoms. The van der Waals surface area contributed by atoms with Crippen LogP contribution in [0.1, 0.15) is 57.7 Å². The quantitative estimate of drug-likeness (QED) is 0.640. The van der Waals surface area contributed by atoms with Crippen molar-refractivity contribution in [2.24, 2.45) is 5.73 Å². The van der Waals surface area contributed by atoms with E-state index in [1.165, 1.54) is 4.90 Å². The molecule has 0 saturated carbocycles. The van der Waals surface area contributed by atoms with E-state index in [4.69, 9.17) is 19.9 Å². The molecule has 0 bridgehead atoms. The molecule has 2 amide bonds. The molecule has 1 fully saturated rings. The highest BCUT2D eigenvalue weighted by Gasteiger charge is 2.51. The number of methoxy groups -OCH3 is 1. The third-order valence-corrected chi connectivity index (χ3v) is 6.44. The predicted molar refractivity (Wildman–Crippen MR) is 131 cm³/mol. The molecule has 2 N–H and O–H groups in total. The van der Waals surface area contributed by atoms with Gasteiger partial charge < -0.3 is 19.9 Å². The number of benzene rings is 2. The summed E-state index contributed by atoms with van der Waals surface area (Å²) in [5, 5.41) is 1.07. The predicted octanol–water partition coefficient (Wildman–Crippen LogP) is 4.09. The molecule has 8 heteroatoms. The Balaban J connectivity index is 1.89. The molecule has 0 radical (unpaired) electrons. The second-order valence-electron chi connectivity index (χ2n) is 9.44. The summed E-state index contributed by atoms with van der Waals surface area (Å²) in [6, 6.07) is 13.1. The number of likely N-dealkylation sites (tertiary alicyclic amines) is 1. The van der Waals surface area contributed by atoms with Crippen molar-refractivity contribution >= 4 is 26.5 Å². The van der Waals surface area contributed by atoms with Crippen molar-refractivity contribution in [2.75, 3.05) is 7.11 Å². The molecule has 2 aromatic rings. The number of hydrogen-bond acceptors (Lipinski definition) is 5. The van der Waals surface area contributed by atoms with E-state index in [1.54, 1.807) is 34.8 Å². The van der Waals surface area contributed by atoms with Crippen molar-refractivity contribution < 1.29 is 23.8 Å². The minimum atomic E-state index is -1.14.